The van der Waals surface area contributed by atoms with E-state index in [4.69, 9.17) is 0 Å². The van der Waals surface area contributed by atoms with E-state index < -0.39 is 5.91 Å². The Morgan fingerprint density at radius 2 is 1.59 bits per heavy atom. The Labute approximate surface area is 172 Å². The fourth-order valence-corrected chi connectivity index (χ4v) is 3.00. The van der Waals surface area contributed by atoms with Crippen LogP contribution in [0.25, 0.3) is 0 Å². The lowest BCUT2D eigenvalue weighted by Crippen LogP contribution is -2.41. The van der Waals surface area contributed by atoms with E-state index in [-0.39, 0.29) is 23.2 Å². The van der Waals surface area contributed by atoms with Crippen molar-refractivity contribution in [3.05, 3.63) is 58.9 Å². The summed E-state index contributed by atoms with van der Waals surface area (Å²) in [5, 5.41) is 10.8. The van der Waals surface area contributed by atoms with Gasteiger partial charge in [0.2, 0.25) is 5.91 Å². The van der Waals surface area contributed by atoms with Gasteiger partial charge in [0.25, 0.3) is 5.91 Å². The molecule has 3 N–H and O–H groups in total. The molecular weight excluding hydrogens is 366 g/mol. The lowest BCUT2D eigenvalue weighted by Gasteiger charge is -2.28. The van der Waals surface area contributed by atoms with Crippen LogP contribution in [0.1, 0.15) is 75.0 Å². The highest BCUT2D eigenvalue weighted by molar-refractivity contribution is 5.95. The van der Waals surface area contributed by atoms with Gasteiger partial charge < -0.3 is 5.11 Å². The average Bonchev–Trinajstić information content (AvgIpc) is 2.64. The molecule has 0 aliphatic rings. The number of nitrogens with one attached hydrogen (secondary N) is 2. The molecule has 1 aromatic heterocycles. The summed E-state index contributed by atoms with van der Waals surface area (Å²) in [7, 11) is 0. The van der Waals surface area contributed by atoms with Gasteiger partial charge in [-0.15, -0.1) is 0 Å². The third-order valence-corrected chi connectivity index (χ3v) is 4.67. The summed E-state index contributed by atoms with van der Waals surface area (Å²) in [5.41, 5.74) is 7.47. The number of carbonyl (C=O) groups excluding carboxylic acids is 2. The van der Waals surface area contributed by atoms with Crippen LogP contribution in [0.15, 0.2) is 36.7 Å². The molecule has 2 amide bonds. The van der Waals surface area contributed by atoms with Crippen LogP contribution < -0.4 is 10.9 Å². The van der Waals surface area contributed by atoms with Crippen LogP contribution in [-0.2, 0) is 22.0 Å². The van der Waals surface area contributed by atoms with Gasteiger partial charge in [0.05, 0.1) is 5.56 Å². The van der Waals surface area contributed by atoms with Crippen LogP contribution in [0.3, 0.4) is 0 Å². The number of aromatic hydroxyl groups is 1. The van der Waals surface area contributed by atoms with E-state index in [1.54, 1.807) is 18.3 Å². The van der Waals surface area contributed by atoms with Gasteiger partial charge in [0, 0.05) is 18.8 Å². The molecule has 0 fully saturated rings. The number of hydrazine groups is 1. The first-order chi connectivity index (χ1) is 13.4. The van der Waals surface area contributed by atoms with E-state index in [2.05, 4.69) is 57.4 Å². The Balaban J connectivity index is 2.07. The molecule has 29 heavy (non-hydrogen) atoms. The van der Waals surface area contributed by atoms with Crippen LogP contribution in [0, 0.1) is 0 Å². The number of phenolic OH excluding ortho intramolecular Hbond substituents is 1. The summed E-state index contributed by atoms with van der Waals surface area (Å²) in [6.07, 6.45) is 3.72. The normalized spacial score (nSPS) is 11.8. The van der Waals surface area contributed by atoms with Gasteiger partial charge in [0.1, 0.15) is 5.75 Å². The maximum atomic E-state index is 12.2. The topological polar surface area (TPSA) is 91.3 Å². The number of nitrogens with zero attached hydrogens (tertiary/aromatic N) is 1. The van der Waals surface area contributed by atoms with Crippen LogP contribution in [0.2, 0.25) is 0 Å². The lowest BCUT2D eigenvalue weighted by atomic mass is 9.78. The van der Waals surface area contributed by atoms with Gasteiger partial charge in [-0.25, -0.2) is 0 Å². The van der Waals surface area contributed by atoms with Crippen molar-refractivity contribution in [2.24, 2.45) is 0 Å². The monoisotopic (exact) mass is 397 g/mol. The molecule has 0 aliphatic carbocycles. The molecule has 0 bridgehead atoms. The van der Waals surface area contributed by atoms with Gasteiger partial charge in [-0.05, 0) is 46.1 Å². The lowest BCUT2D eigenvalue weighted by molar-refractivity contribution is -0.121. The number of phenols is 1. The van der Waals surface area contributed by atoms with Crippen LogP contribution >= 0.6 is 0 Å². The molecule has 1 aromatic carbocycles. The molecule has 2 rings (SSSR count). The van der Waals surface area contributed by atoms with Gasteiger partial charge in [0.15, 0.2) is 0 Å². The zero-order valence-electron chi connectivity index (χ0n) is 18.1. The quantitative estimate of drug-likeness (QED) is 0.685. The van der Waals surface area contributed by atoms with Crippen molar-refractivity contribution in [3.8, 4) is 5.75 Å². The Kier molecular flexibility index (Phi) is 6.67. The average molecular weight is 398 g/mol. The summed E-state index contributed by atoms with van der Waals surface area (Å²) < 4.78 is 0. The van der Waals surface area contributed by atoms with Crippen molar-refractivity contribution in [1.82, 2.24) is 15.8 Å². The highest BCUT2D eigenvalue weighted by Crippen LogP contribution is 2.39. The SMILES string of the molecule is CC(C)(C)c1cc(CCC(=O)NNC(=O)c2cccnc2)cc(C(C)(C)C)c1O. The molecule has 0 aliphatic heterocycles. The second kappa shape index (κ2) is 8.64. The molecule has 0 radical (unpaired) electrons. The van der Waals surface area contributed by atoms with E-state index >= 15 is 0 Å². The predicted octanol–water partition coefficient (Wildman–Crippen LogP) is 3.78. The van der Waals surface area contributed by atoms with Crippen molar-refractivity contribution < 1.29 is 14.7 Å². The zero-order valence-corrected chi connectivity index (χ0v) is 18.1. The molecule has 0 spiro atoms. The second-order valence-corrected chi connectivity index (χ2v) is 9.28. The van der Waals surface area contributed by atoms with Crippen molar-refractivity contribution in [2.45, 2.75) is 65.2 Å². The van der Waals surface area contributed by atoms with Crippen LogP contribution in [0.4, 0.5) is 0 Å². The fourth-order valence-electron chi connectivity index (χ4n) is 3.00. The number of carbonyl (C=O) groups is 2. The highest BCUT2D eigenvalue weighted by Gasteiger charge is 2.26. The second-order valence-electron chi connectivity index (χ2n) is 9.28. The van der Waals surface area contributed by atoms with E-state index in [1.807, 2.05) is 12.1 Å². The molecule has 6 nitrogen and oxygen atoms in total. The Hall–Kier alpha value is -2.89. The minimum atomic E-state index is -0.416. The smallest absolute Gasteiger partial charge is 0.271 e. The van der Waals surface area contributed by atoms with Crippen molar-refractivity contribution in [3.63, 3.8) is 0 Å². The minimum absolute atomic E-state index is 0.214. The van der Waals surface area contributed by atoms with E-state index in [9.17, 15) is 14.7 Å². The van der Waals surface area contributed by atoms with Crippen molar-refractivity contribution >= 4 is 11.8 Å². The van der Waals surface area contributed by atoms with Crippen LogP contribution in [-0.4, -0.2) is 21.9 Å². The molecule has 1 heterocycles. The number of hydrogen-bond donors (Lipinski definition) is 3. The van der Waals surface area contributed by atoms with Crippen LogP contribution in [0.5, 0.6) is 5.75 Å². The molecule has 0 unspecified atom stereocenters. The molecule has 0 saturated heterocycles. The summed E-state index contributed by atoms with van der Waals surface area (Å²) >= 11 is 0. The largest absolute Gasteiger partial charge is 0.507 e. The van der Waals surface area contributed by atoms with Crippen molar-refractivity contribution in [2.75, 3.05) is 0 Å². The summed E-state index contributed by atoms with van der Waals surface area (Å²) in [6.45, 7) is 12.3. The first-order valence-corrected chi connectivity index (χ1v) is 9.75. The number of rotatable bonds is 4. The number of hydrogen-bond acceptors (Lipinski definition) is 4. The van der Waals surface area contributed by atoms with Gasteiger partial charge in [-0.1, -0.05) is 53.7 Å². The minimum Gasteiger partial charge on any atom is -0.507 e. The van der Waals surface area contributed by atoms with Gasteiger partial charge >= 0.3 is 0 Å². The summed E-state index contributed by atoms with van der Waals surface area (Å²) in [4.78, 5) is 28.0. The Morgan fingerprint density at radius 1 is 1.00 bits per heavy atom. The standard InChI is InChI=1S/C23H31N3O3/c1-22(2,3)17-12-15(13-18(20(17)28)23(4,5)6)9-10-19(27)25-26-21(29)16-8-7-11-24-14-16/h7-8,11-14,28H,9-10H2,1-6H3,(H,25,27)(H,26,29). The van der Waals surface area contributed by atoms with Crippen molar-refractivity contribution in [1.29, 1.82) is 0 Å². The van der Waals surface area contributed by atoms with Gasteiger partial charge in [-0.3, -0.25) is 25.4 Å². The first kappa shape index (κ1) is 22.4. The summed E-state index contributed by atoms with van der Waals surface area (Å²) in [6, 6.07) is 7.20. The number of amides is 2. The fraction of sp³-hybridized carbons (Fsp3) is 0.435. The molecule has 6 heteroatoms. The van der Waals surface area contributed by atoms with Gasteiger partial charge in [-0.2, -0.15) is 0 Å². The van der Waals surface area contributed by atoms with E-state index in [0.717, 1.165) is 16.7 Å². The predicted molar refractivity (Wildman–Crippen MR) is 114 cm³/mol. The van der Waals surface area contributed by atoms with E-state index in [0.29, 0.717) is 17.7 Å². The summed E-state index contributed by atoms with van der Waals surface area (Å²) in [5.74, 6) is -0.381. The molecular formula is C23H31N3O3. The molecule has 0 saturated carbocycles. The number of pyridine rings is 1. The number of aryl methyl sites for hydroxylation is 1. The number of aromatic nitrogens is 1. The third kappa shape index (κ3) is 6.04. The Morgan fingerprint density at radius 3 is 2.07 bits per heavy atom. The molecule has 0 atom stereocenters. The zero-order chi connectivity index (χ0) is 21.8. The molecule has 2 aromatic rings. The number of benzene rings is 1. The highest BCUT2D eigenvalue weighted by atomic mass is 16.3. The Bertz CT molecular complexity index is 843. The van der Waals surface area contributed by atoms with E-state index in [1.165, 1.54) is 6.20 Å². The third-order valence-electron chi connectivity index (χ3n) is 4.67. The maximum absolute atomic E-state index is 12.2. The first-order valence-electron chi connectivity index (χ1n) is 9.75. The maximum Gasteiger partial charge on any atom is 0.271 e. The molecule has 156 valence electrons.